The van der Waals surface area contributed by atoms with Crippen molar-refractivity contribution in [1.29, 1.82) is 0 Å². The van der Waals surface area contributed by atoms with Crippen LogP contribution in [0.5, 0.6) is 11.5 Å². The van der Waals surface area contributed by atoms with Crippen LogP contribution in [0.25, 0.3) is 0 Å². The van der Waals surface area contributed by atoms with E-state index in [0.29, 0.717) is 12.5 Å². The van der Waals surface area contributed by atoms with Crippen molar-refractivity contribution < 1.29 is 14.6 Å². The fourth-order valence-electron chi connectivity index (χ4n) is 3.81. The molecule has 0 saturated carbocycles. The van der Waals surface area contributed by atoms with Crippen LogP contribution >= 0.6 is 0 Å². The van der Waals surface area contributed by atoms with Gasteiger partial charge in [-0.15, -0.1) is 0 Å². The van der Waals surface area contributed by atoms with Crippen molar-refractivity contribution in [2.75, 3.05) is 31.7 Å². The molecule has 3 heterocycles. The van der Waals surface area contributed by atoms with Gasteiger partial charge < -0.3 is 19.5 Å². The van der Waals surface area contributed by atoms with E-state index in [1.54, 1.807) is 13.4 Å². The Morgan fingerprint density at radius 2 is 2.12 bits per heavy atom. The van der Waals surface area contributed by atoms with Gasteiger partial charge in [0.25, 0.3) is 0 Å². The molecular weight excluding hydrogens is 330 g/mol. The van der Waals surface area contributed by atoms with Crippen LogP contribution in [0.2, 0.25) is 0 Å². The smallest absolute Gasteiger partial charge is 0.164 e. The van der Waals surface area contributed by atoms with Crippen molar-refractivity contribution in [2.24, 2.45) is 5.92 Å². The van der Waals surface area contributed by atoms with Crippen LogP contribution in [0.15, 0.2) is 30.6 Å². The van der Waals surface area contributed by atoms with Crippen molar-refractivity contribution in [2.45, 2.75) is 31.8 Å². The van der Waals surface area contributed by atoms with Gasteiger partial charge in [-0.3, -0.25) is 0 Å². The molecule has 2 aliphatic heterocycles. The molecule has 26 heavy (non-hydrogen) atoms. The number of anilines is 1. The van der Waals surface area contributed by atoms with Crippen LogP contribution in [-0.2, 0) is 12.8 Å². The lowest BCUT2D eigenvalue weighted by Gasteiger charge is -2.30. The number of benzene rings is 1. The van der Waals surface area contributed by atoms with Gasteiger partial charge in [0.1, 0.15) is 12.1 Å². The number of piperidine rings is 1. The molecule has 0 aliphatic carbocycles. The maximum atomic E-state index is 9.68. The second-order valence-electron chi connectivity index (χ2n) is 7.12. The number of methoxy groups -OCH3 is 1. The summed E-state index contributed by atoms with van der Waals surface area (Å²) in [6, 6.07) is 8.13. The summed E-state index contributed by atoms with van der Waals surface area (Å²) in [6.07, 6.45) is 4.90. The molecule has 0 bridgehead atoms. The first-order valence-electron chi connectivity index (χ1n) is 9.25. The van der Waals surface area contributed by atoms with E-state index in [1.807, 2.05) is 12.1 Å². The van der Waals surface area contributed by atoms with E-state index < -0.39 is 0 Å². The van der Waals surface area contributed by atoms with E-state index >= 15 is 0 Å². The van der Waals surface area contributed by atoms with Crippen LogP contribution < -0.4 is 14.4 Å². The molecule has 1 aromatic heterocycles. The van der Waals surface area contributed by atoms with Crippen molar-refractivity contribution in [1.82, 2.24) is 9.97 Å². The number of fused-ring (bicyclic) bond motifs is 1. The largest absolute Gasteiger partial charge is 0.493 e. The monoisotopic (exact) mass is 355 g/mol. The highest BCUT2D eigenvalue weighted by Crippen LogP contribution is 2.36. The Labute approximate surface area is 153 Å². The van der Waals surface area contributed by atoms with E-state index in [4.69, 9.17) is 9.47 Å². The maximum absolute atomic E-state index is 9.68. The summed E-state index contributed by atoms with van der Waals surface area (Å²) >= 11 is 0. The van der Waals surface area contributed by atoms with Crippen LogP contribution in [0.1, 0.15) is 24.1 Å². The van der Waals surface area contributed by atoms with Gasteiger partial charge in [0.2, 0.25) is 0 Å². The second-order valence-corrected chi connectivity index (χ2v) is 7.12. The maximum Gasteiger partial charge on any atom is 0.164 e. The molecule has 4 rings (SSSR count). The fourth-order valence-corrected chi connectivity index (χ4v) is 3.81. The molecule has 0 spiro atoms. The Bertz CT molecular complexity index is 760. The number of aromatic nitrogens is 2. The normalized spacial score (nSPS) is 20.4. The number of hydrogen-bond acceptors (Lipinski definition) is 6. The topological polar surface area (TPSA) is 67.7 Å². The first-order valence-corrected chi connectivity index (χ1v) is 9.25. The molecule has 1 N–H and O–H groups in total. The van der Waals surface area contributed by atoms with E-state index in [0.717, 1.165) is 61.8 Å². The zero-order chi connectivity index (χ0) is 17.9. The summed E-state index contributed by atoms with van der Waals surface area (Å²) in [5.74, 6) is 3.03. The molecule has 2 aromatic rings. The highest BCUT2D eigenvalue weighted by Gasteiger charge is 2.24. The Balaban J connectivity index is 1.44. The van der Waals surface area contributed by atoms with Crippen LogP contribution in [0, 0.1) is 5.92 Å². The minimum Gasteiger partial charge on any atom is -0.493 e. The highest BCUT2D eigenvalue weighted by molar-refractivity contribution is 5.48. The highest BCUT2D eigenvalue weighted by atomic mass is 16.5. The molecule has 1 atom stereocenters. The number of hydrogen-bond donors (Lipinski definition) is 1. The number of aliphatic hydroxyl groups excluding tert-OH is 1. The van der Waals surface area contributed by atoms with Gasteiger partial charge in [-0.1, -0.05) is 12.1 Å². The third-order valence-corrected chi connectivity index (χ3v) is 5.25. The molecule has 2 aliphatic rings. The molecule has 0 unspecified atom stereocenters. The zero-order valence-electron chi connectivity index (χ0n) is 15.1. The molecule has 0 amide bonds. The van der Waals surface area contributed by atoms with E-state index in [1.165, 1.54) is 5.56 Å². The minimum absolute atomic E-state index is 0.177. The second kappa shape index (κ2) is 7.50. The Morgan fingerprint density at radius 3 is 2.92 bits per heavy atom. The number of ether oxygens (including phenoxy) is 2. The third-order valence-electron chi connectivity index (χ3n) is 5.25. The van der Waals surface area contributed by atoms with Crippen LogP contribution in [0.4, 0.5) is 5.82 Å². The van der Waals surface area contributed by atoms with Gasteiger partial charge in [0.05, 0.1) is 19.8 Å². The average Bonchev–Trinajstić information content (AvgIpc) is 2.68. The van der Waals surface area contributed by atoms with Gasteiger partial charge in [-0.2, -0.15) is 0 Å². The van der Waals surface area contributed by atoms with E-state index in [9.17, 15) is 5.11 Å². The van der Waals surface area contributed by atoms with Gasteiger partial charge in [-0.05, 0) is 37.3 Å². The molecule has 1 saturated heterocycles. The Morgan fingerprint density at radius 1 is 1.27 bits per heavy atom. The minimum atomic E-state index is -0.177. The quantitative estimate of drug-likeness (QED) is 0.907. The lowest BCUT2D eigenvalue weighted by atomic mass is 9.92. The fraction of sp³-hybridized carbons (Fsp3) is 0.500. The summed E-state index contributed by atoms with van der Waals surface area (Å²) < 4.78 is 11.4. The van der Waals surface area contributed by atoms with E-state index in [2.05, 4.69) is 27.0 Å². The molecule has 6 nitrogen and oxygen atoms in total. The van der Waals surface area contributed by atoms with Crippen molar-refractivity contribution >= 4 is 5.82 Å². The van der Waals surface area contributed by atoms with E-state index in [-0.39, 0.29) is 6.10 Å². The Hall–Kier alpha value is -2.34. The summed E-state index contributed by atoms with van der Waals surface area (Å²) in [4.78, 5) is 11.1. The predicted molar refractivity (Wildman–Crippen MR) is 98.9 cm³/mol. The molecule has 6 heteroatoms. The summed E-state index contributed by atoms with van der Waals surface area (Å²) in [5.41, 5.74) is 2.24. The first-order chi connectivity index (χ1) is 12.7. The lowest BCUT2D eigenvalue weighted by molar-refractivity contribution is 0.145. The van der Waals surface area contributed by atoms with Gasteiger partial charge in [0.15, 0.2) is 11.5 Å². The predicted octanol–water partition coefficient (Wildman–Crippen LogP) is 2.24. The molecule has 1 aromatic carbocycles. The summed E-state index contributed by atoms with van der Waals surface area (Å²) in [6.45, 7) is 2.36. The van der Waals surface area contributed by atoms with Crippen LogP contribution in [0.3, 0.4) is 0 Å². The standard InChI is InChI=1S/C20H25N3O3/c1-25-18-4-2-3-15-9-14(12-26-20(15)18)10-16-11-19(22-13-21-16)23-7-5-17(24)6-8-23/h2-4,11,13-14,17,24H,5-10,12H2,1H3/t14-/m0/s1. The lowest BCUT2D eigenvalue weighted by Crippen LogP contribution is -2.36. The number of rotatable bonds is 4. The molecular formula is C20H25N3O3. The van der Waals surface area contributed by atoms with Gasteiger partial charge >= 0.3 is 0 Å². The summed E-state index contributed by atoms with van der Waals surface area (Å²) in [7, 11) is 1.67. The van der Waals surface area contributed by atoms with Gasteiger partial charge in [-0.25, -0.2) is 9.97 Å². The number of nitrogens with zero attached hydrogens (tertiary/aromatic N) is 3. The van der Waals surface area contributed by atoms with Crippen LogP contribution in [-0.4, -0.2) is 48.0 Å². The van der Waals surface area contributed by atoms with Crippen molar-refractivity contribution in [3.63, 3.8) is 0 Å². The Kier molecular flexibility index (Phi) is 4.93. The van der Waals surface area contributed by atoms with Gasteiger partial charge in [0, 0.05) is 30.8 Å². The molecule has 0 radical (unpaired) electrons. The van der Waals surface area contributed by atoms with Crippen molar-refractivity contribution in [3.8, 4) is 11.5 Å². The number of para-hydroxylation sites is 1. The average molecular weight is 355 g/mol. The molecule has 138 valence electrons. The third kappa shape index (κ3) is 3.60. The van der Waals surface area contributed by atoms with Crippen molar-refractivity contribution in [3.05, 3.63) is 41.9 Å². The first kappa shape index (κ1) is 17.1. The number of aliphatic hydroxyl groups is 1. The molecule has 1 fully saturated rings. The zero-order valence-corrected chi connectivity index (χ0v) is 15.1. The summed E-state index contributed by atoms with van der Waals surface area (Å²) in [5, 5.41) is 9.68. The SMILES string of the molecule is COc1cccc2c1OC[C@H](Cc1cc(N3CCC(O)CC3)ncn1)C2.